The van der Waals surface area contributed by atoms with Crippen LogP contribution in [-0.2, 0) is 0 Å². The van der Waals surface area contributed by atoms with Crippen LogP contribution >= 0.6 is 0 Å². The number of hydrogen-bond acceptors (Lipinski definition) is 0. The van der Waals surface area contributed by atoms with Crippen LogP contribution in [0.5, 0.6) is 0 Å². The molecule has 0 aliphatic carbocycles. The SMILES string of the molecule is c1ccc2c(c1)ccc1c2c2c3ccccc3ccc2c2c3ccccc3c3ccccc3c12. The van der Waals surface area contributed by atoms with Crippen LogP contribution in [0.2, 0.25) is 0 Å². The quantitative estimate of drug-likeness (QED) is 0.211. The predicted octanol–water partition coefficient (Wildman–Crippen LogP) is 9.76. The van der Waals surface area contributed by atoms with Crippen molar-refractivity contribution in [1.29, 1.82) is 0 Å². The van der Waals surface area contributed by atoms with Crippen LogP contribution in [0.4, 0.5) is 0 Å². The van der Waals surface area contributed by atoms with E-state index in [1.807, 2.05) is 0 Å². The summed E-state index contributed by atoms with van der Waals surface area (Å²) in [7, 11) is 0. The smallest absolute Gasteiger partial charge is 0.00137 e. The zero-order chi connectivity index (χ0) is 22.2. The van der Waals surface area contributed by atoms with Crippen LogP contribution in [0.3, 0.4) is 0 Å². The van der Waals surface area contributed by atoms with Gasteiger partial charge in [-0.1, -0.05) is 121 Å². The first kappa shape index (κ1) is 18.1. The molecule has 0 N–H and O–H groups in total. The molecule has 0 bridgehead atoms. The van der Waals surface area contributed by atoms with Gasteiger partial charge in [0.1, 0.15) is 0 Å². The third-order valence-corrected chi connectivity index (χ3v) is 7.58. The highest BCUT2D eigenvalue weighted by Gasteiger charge is 2.18. The van der Waals surface area contributed by atoms with E-state index >= 15 is 0 Å². The highest BCUT2D eigenvalue weighted by Crippen LogP contribution is 2.47. The number of benzene rings is 8. The lowest BCUT2D eigenvalue weighted by Crippen LogP contribution is -1.90. The van der Waals surface area contributed by atoms with Crippen molar-refractivity contribution in [3.05, 3.63) is 121 Å². The Hall–Kier alpha value is -4.42. The zero-order valence-corrected chi connectivity index (χ0v) is 18.5. The van der Waals surface area contributed by atoms with Crippen LogP contribution in [0.15, 0.2) is 121 Å². The monoisotopic (exact) mass is 428 g/mol. The maximum atomic E-state index is 2.35. The van der Waals surface area contributed by atoms with Gasteiger partial charge < -0.3 is 0 Å². The van der Waals surface area contributed by atoms with Gasteiger partial charge in [0.25, 0.3) is 0 Å². The first-order valence-corrected chi connectivity index (χ1v) is 11.9. The van der Waals surface area contributed by atoms with Crippen LogP contribution in [0, 0.1) is 0 Å². The summed E-state index contributed by atoms with van der Waals surface area (Å²) in [6.07, 6.45) is 0. The van der Waals surface area contributed by atoms with Crippen LogP contribution < -0.4 is 0 Å². The topological polar surface area (TPSA) is 0 Å². The van der Waals surface area contributed by atoms with Crippen LogP contribution in [0.1, 0.15) is 0 Å². The summed E-state index contributed by atoms with van der Waals surface area (Å²) >= 11 is 0. The summed E-state index contributed by atoms with van der Waals surface area (Å²) in [6, 6.07) is 44.7. The Bertz CT molecular complexity index is 1940. The predicted molar refractivity (Wildman–Crippen MR) is 149 cm³/mol. The summed E-state index contributed by atoms with van der Waals surface area (Å²) in [5.74, 6) is 0. The molecule has 34 heavy (non-hydrogen) atoms. The second kappa shape index (κ2) is 6.56. The Labute approximate surface area is 196 Å². The first-order valence-electron chi connectivity index (χ1n) is 11.9. The lowest BCUT2D eigenvalue weighted by atomic mass is 9.84. The molecule has 0 aromatic heterocycles. The minimum absolute atomic E-state index is 1.29. The van der Waals surface area contributed by atoms with Crippen molar-refractivity contribution < 1.29 is 0 Å². The van der Waals surface area contributed by atoms with Gasteiger partial charge in [-0.25, -0.2) is 0 Å². The second-order valence-electron chi connectivity index (χ2n) is 9.26. The van der Waals surface area contributed by atoms with Crippen molar-refractivity contribution in [3.63, 3.8) is 0 Å². The Kier molecular flexibility index (Phi) is 3.48. The van der Waals surface area contributed by atoms with Crippen molar-refractivity contribution in [2.24, 2.45) is 0 Å². The van der Waals surface area contributed by atoms with E-state index in [-0.39, 0.29) is 0 Å². The highest BCUT2D eigenvalue weighted by molar-refractivity contribution is 6.44. The summed E-state index contributed by atoms with van der Waals surface area (Å²) < 4.78 is 0. The Morgan fingerprint density at radius 2 is 0.529 bits per heavy atom. The van der Waals surface area contributed by atoms with E-state index in [2.05, 4.69) is 121 Å². The molecule has 0 nitrogen and oxygen atoms in total. The highest BCUT2D eigenvalue weighted by atomic mass is 14.2. The van der Waals surface area contributed by atoms with Gasteiger partial charge in [-0.3, -0.25) is 0 Å². The Morgan fingerprint density at radius 3 is 0.971 bits per heavy atom. The van der Waals surface area contributed by atoms with E-state index in [0.717, 1.165) is 0 Å². The molecule has 0 heteroatoms. The van der Waals surface area contributed by atoms with E-state index in [1.54, 1.807) is 0 Å². The molecule has 0 aliphatic rings. The molecular formula is C34H20. The molecule has 0 atom stereocenters. The summed E-state index contributed by atoms with van der Waals surface area (Å²) in [5, 5.41) is 18.6. The molecule has 0 fully saturated rings. The minimum atomic E-state index is 1.29. The molecule has 8 aromatic carbocycles. The molecule has 0 saturated carbocycles. The molecule has 0 amide bonds. The number of fused-ring (bicyclic) bond motifs is 15. The van der Waals surface area contributed by atoms with Gasteiger partial charge in [0.05, 0.1) is 0 Å². The van der Waals surface area contributed by atoms with E-state index in [1.165, 1.54) is 75.4 Å². The van der Waals surface area contributed by atoms with Crippen LogP contribution in [-0.4, -0.2) is 0 Å². The summed E-state index contributed by atoms with van der Waals surface area (Å²) in [5.41, 5.74) is 0. The van der Waals surface area contributed by atoms with Gasteiger partial charge in [-0.2, -0.15) is 0 Å². The largest absolute Gasteiger partial charge is 0.0616 e. The second-order valence-corrected chi connectivity index (χ2v) is 9.26. The fraction of sp³-hybridized carbons (Fsp3) is 0. The maximum absolute atomic E-state index is 2.35. The molecule has 0 heterocycles. The van der Waals surface area contributed by atoms with Gasteiger partial charge in [-0.05, 0) is 75.4 Å². The standard InChI is InChI=1S/C34H20/c1-3-11-23-21(9-1)17-19-29-31(23)32-24-12-4-2-10-22(24)18-20-30(32)34-28-16-8-6-14-26(28)25-13-5-7-15-27(25)33(29)34/h1-20H. The zero-order valence-electron chi connectivity index (χ0n) is 18.5. The molecular weight excluding hydrogens is 408 g/mol. The third-order valence-electron chi connectivity index (χ3n) is 7.58. The average molecular weight is 429 g/mol. The Balaban J connectivity index is 1.86. The fourth-order valence-electron chi connectivity index (χ4n) is 6.20. The molecule has 8 aromatic rings. The van der Waals surface area contributed by atoms with E-state index in [0.29, 0.717) is 0 Å². The van der Waals surface area contributed by atoms with Crippen LogP contribution in [0.25, 0.3) is 75.4 Å². The Morgan fingerprint density at radius 1 is 0.206 bits per heavy atom. The van der Waals surface area contributed by atoms with E-state index in [4.69, 9.17) is 0 Å². The van der Waals surface area contributed by atoms with Crippen molar-refractivity contribution in [1.82, 2.24) is 0 Å². The molecule has 0 spiro atoms. The van der Waals surface area contributed by atoms with Crippen molar-refractivity contribution in [2.75, 3.05) is 0 Å². The fourth-order valence-corrected chi connectivity index (χ4v) is 6.20. The van der Waals surface area contributed by atoms with Gasteiger partial charge in [0, 0.05) is 0 Å². The van der Waals surface area contributed by atoms with E-state index in [9.17, 15) is 0 Å². The lowest BCUT2D eigenvalue weighted by Gasteiger charge is -2.18. The maximum Gasteiger partial charge on any atom is -0.00137 e. The van der Waals surface area contributed by atoms with Gasteiger partial charge >= 0.3 is 0 Å². The molecule has 0 saturated heterocycles. The molecule has 8 rings (SSSR count). The van der Waals surface area contributed by atoms with Crippen molar-refractivity contribution in [3.8, 4) is 0 Å². The minimum Gasteiger partial charge on any atom is -0.0616 e. The first-order chi connectivity index (χ1) is 16.9. The molecule has 0 radical (unpaired) electrons. The third kappa shape index (κ3) is 2.23. The van der Waals surface area contributed by atoms with E-state index < -0.39 is 0 Å². The van der Waals surface area contributed by atoms with Crippen molar-refractivity contribution in [2.45, 2.75) is 0 Å². The summed E-state index contributed by atoms with van der Waals surface area (Å²) in [4.78, 5) is 0. The summed E-state index contributed by atoms with van der Waals surface area (Å²) in [6.45, 7) is 0. The number of rotatable bonds is 0. The molecule has 156 valence electrons. The lowest BCUT2D eigenvalue weighted by molar-refractivity contribution is 1.78. The van der Waals surface area contributed by atoms with Gasteiger partial charge in [-0.15, -0.1) is 0 Å². The van der Waals surface area contributed by atoms with Crippen molar-refractivity contribution >= 4 is 75.4 Å². The number of hydrogen-bond donors (Lipinski definition) is 0. The molecule has 0 unspecified atom stereocenters. The normalized spacial score (nSPS) is 12.1. The van der Waals surface area contributed by atoms with Gasteiger partial charge in [0.15, 0.2) is 0 Å². The average Bonchev–Trinajstić information content (AvgIpc) is 2.92. The molecule has 0 aliphatic heterocycles. The van der Waals surface area contributed by atoms with Gasteiger partial charge in [0.2, 0.25) is 0 Å².